The predicted octanol–water partition coefficient (Wildman–Crippen LogP) is 5.77. The third-order valence-corrected chi connectivity index (χ3v) is 4.02. The highest BCUT2D eigenvalue weighted by Gasteiger charge is 2.24. The van der Waals surface area contributed by atoms with Crippen LogP contribution < -0.4 is 0 Å². The Hall–Kier alpha value is -0.330. The summed E-state index contributed by atoms with van der Waals surface area (Å²) in [6.45, 7) is 8.82. The Morgan fingerprint density at radius 1 is 0.722 bits per heavy atom. The molecule has 1 nitrogen and oxygen atoms in total. The minimum absolute atomic E-state index is 0.337. The molecule has 0 N–H and O–H groups in total. The van der Waals surface area contributed by atoms with Crippen molar-refractivity contribution >= 4 is 5.78 Å². The van der Waals surface area contributed by atoms with Gasteiger partial charge in [-0.2, -0.15) is 0 Å². The highest BCUT2D eigenvalue weighted by atomic mass is 16.1. The molecule has 0 fully saturated rings. The van der Waals surface area contributed by atoms with Crippen molar-refractivity contribution in [2.45, 2.75) is 91.9 Å². The molecule has 1 heteroatoms. The Kier molecular flexibility index (Phi) is 11.5. The number of hydrogen-bond donors (Lipinski definition) is 0. The molecule has 0 amide bonds. The zero-order chi connectivity index (χ0) is 13.8. The monoisotopic (exact) mass is 254 g/mol. The Bertz CT molecular complexity index is 190. The maximum Gasteiger partial charge on any atom is 0.139 e. The van der Waals surface area contributed by atoms with Crippen LogP contribution in [0, 0.1) is 11.8 Å². The summed E-state index contributed by atoms with van der Waals surface area (Å²) < 4.78 is 0. The van der Waals surface area contributed by atoms with Crippen LogP contribution in [0.4, 0.5) is 0 Å². The number of carbonyl (C=O) groups excluding carboxylic acids is 1. The van der Waals surface area contributed by atoms with Gasteiger partial charge in [0.15, 0.2) is 0 Å². The number of Topliss-reactive ketones (excluding diaryl/α,β-unsaturated/α-hetero) is 1. The minimum Gasteiger partial charge on any atom is -0.299 e. The van der Waals surface area contributed by atoms with E-state index in [4.69, 9.17) is 0 Å². The standard InChI is InChI=1S/C17H34O/c1-5-9-12-15(8-4)17(18)16(13-10-6-2)14-11-7-3/h15-16H,5-14H2,1-4H3. The van der Waals surface area contributed by atoms with E-state index in [1.165, 1.54) is 38.5 Å². The van der Waals surface area contributed by atoms with Crippen molar-refractivity contribution in [2.75, 3.05) is 0 Å². The van der Waals surface area contributed by atoms with Crippen LogP contribution in [0.3, 0.4) is 0 Å². The van der Waals surface area contributed by atoms with E-state index in [2.05, 4.69) is 27.7 Å². The van der Waals surface area contributed by atoms with Crippen LogP contribution >= 0.6 is 0 Å². The third-order valence-electron chi connectivity index (χ3n) is 4.02. The molecule has 0 saturated heterocycles. The maximum atomic E-state index is 12.6. The summed E-state index contributed by atoms with van der Waals surface area (Å²) in [4.78, 5) is 12.6. The van der Waals surface area contributed by atoms with Gasteiger partial charge in [0.25, 0.3) is 0 Å². The fourth-order valence-corrected chi connectivity index (χ4v) is 2.66. The molecule has 1 unspecified atom stereocenters. The summed E-state index contributed by atoms with van der Waals surface area (Å²) in [6.07, 6.45) is 11.7. The quantitative estimate of drug-likeness (QED) is 0.432. The Balaban J connectivity index is 4.37. The molecule has 0 saturated carbocycles. The van der Waals surface area contributed by atoms with Crippen molar-refractivity contribution < 1.29 is 4.79 Å². The molecule has 0 aliphatic heterocycles. The number of ketones is 1. The summed E-state index contributed by atoms with van der Waals surface area (Å²) in [6, 6.07) is 0. The molecule has 0 spiro atoms. The predicted molar refractivity (Wildman–Crippen MR) is 80.9 cm³/mol. The molecule has 0 aromatic rings. The van der Waals surface area contributed by atoms with E-state index < -0.39 is 0 Å². The summed E-state index contributed by atoms with van der Waals surface area (Å²) in [5, 5.41) is 0. The van der Waals surface area contributed by atoms with E-state index in [9.17, 15) is 4.79 Å². The summed E-state index contributed by atoms with van der Waals surface area (Å²) in [5.41, 5.74) is 0. The van der Waals surface area contributed by atoms with Gasteiger partial charge in [0.1, 0.15) is 5.78 Å². The van der Waals surface area contributed by atoms with Crippen molar-refractivity contribution in [1.82, 2.24) is 0 Å². The van der Waals surface area contributed by atoms with Gasteiger partial charge in [0.05, 0.1) is 0 Å². The first kappa shape index (κ1) is 17.7. The maximum absolute atomic E-state index is 12.6. The van der Waals surface area contributed by atoms with Crippen LogP contribution in [0.2, 0.25) is 0 Å². The normalized spacial score (nSPS) is 12.9. The lowest BCUT2D eigenvalue weighted by molar-refractivity contribution is -0.127. The third kappa shape index (κ3) is 7.18. The Morgan fingerprint density at radius 2 is 1.11 bits per heavy atom. The first-order valence-corrected chi connectivity index (χ1v) is 8.24. The highest BCUT2D eigenvalue weighted by molar-refractivity contribution is 5.83. The summed E-state index contributed by atoms with van der Waals surface area (Å²) in [7, 11) is 0. The van der Waals surface area contributed by atoms with E-state index in [0.717, 1.165) is 25.7 Å². The molecular weight excluding hydrogens is 220 g/mol. The zero-order valence-electron chi connectivity index (χ0n) is 13.1. The van der Waals surface area contributed by atoms with Gasteiger partial charge >= 0.3 is 0 Å². The molecule has 0 aliphatic carbocycles. The molecule has 0 bridgehead atoms. The van der Waals surface area contributed by atoms with Crippen LogP contribution in [0.5, 0.6) is 0 Å². The van der Waals surface area contributed by atoms with Gasteiger partial charge < -0.3 is 0 Å². The first-order valence-electron chi connectivity index (χ1n) is 8.24. The molecular formula is C17H34O. The van der Waals surface area contributed by atoms with Gasteiger partial charge in [0.2, 0.25) is 0 Å². The summed E-state index contributed by atoms with van der Waals surface area (Å²) >= 11 is 0. The fraction of sp³-hybridized carbons (Fsp3) is 0.941. The minimum atomic E-state index is 0.337. The number of rotatable bonds is 12. The summed E-state index contributed by atoms with van der Waals surface area (Å²) in [5.74, 6) is 1.27. The van der Waals surface area contributed by atoms with Crippen LogP contribution in [0.1, 0.15) is 91.9 Å². The van der Waals surface area contributed by atoms with Crippen molar-refractivity contribution in [3.63, 3.8) is 0 Å². The Labute approximate surface area is 115 Å². The van der Waals surface area contributed by atoms with Crippen molar-refractivity contribution in [3.8, 4) is 0 Å². The van der Waals surface area contributed by atoms with Crippen molar-refractivity contribution in [2.24, 2.45) is 11.8 Å². The topological polar surface area (TPSA) is 17.1 Å². The second-order valence-electron chi connectivity index (χ2n) is 5.63. The van der Waals surface area contributed by atoms with Crippen LogP contribution in [-0.4, -0.2) is 5.78 Å². The van der Waals surface area contributed by atoms with Gasteiger partial charge in [-0.1, -0.05) is 66.2 Å². The largest absolute Gasteiger partial charge is 0.299 e. The van der Waals surface area contributed by atoms with E-state index >= 15 is 0 Å². The molecule has 0 heterocycles. The lowest BCUT2D eigenvalue weighted by Gasteiger charge is -2.21. The van der Waals surface area contributed by atoms with Crippen LogP contribution in [0.25, 0.3) is 0 Å². The number of hydrogen-bond acceptors (Lipinski definition) is 1. The van der Waals surface area contributed by atoms with Gasteiger partial charge in [-0.3, -0.25) is 4.79 Å². The number of carbonyl (C=O) groups is 1. The molecule has 0 aliphatic rings. The Morgan fingerprint density at radius 3 is 1.44 bits per heavy atom. The molecule has 0 radical (unpaired) electrons. The lowest BCUT2D eigenvalue weighted by Crippen LogP contribution is -2.23. The van der Waals surface area contributed by atoms with E-state index in [1.807, 2.05) is 0 Å². The molecule has 0 rings (SSSR count). The molecule has 0 aromatic heterocycles. The fourth-order valence-electron chi connectivity index (χ4n) is 2.66. The number of unbranched alkanes of at least 4 members (excludes halogenated alkanes) is 3. The molecule has 108 valence electrons. The van der Waals surface area contributed by atoms with Gasteiger partial charge in [-0.25, -0.2) is 0 Å². The van der Waals surface area contributed by atoms with E-state index in [0.29, 0.717) is 17.6 Å². The average molecular weight is 254 g/mol. The van der Waals surface area contributed by atoms with Crippen LogP contribution in [-0.2, 0) is 4.79 Å². The van der Waals surface area contributed by atoms with Crippen LogP contribution in [0.15, 0.2) is 0 Å². The van der Waals surface area contributed by atoms with Crippen molar-refractivity contribution in [1.29, 1.82) is 0 Å². The van der Waals surface area contributed by atoms with Crippen molar-refractivity contribution in [3.05, 3.63) is 0 Å². The first-order chi connectivity index (χ1) is 8.71. The molecule has 0 aromatic carbocycles. The smallest absolute Gasteiger partial charge is 0.139 e. The van der Waals surface area contributed by atoms with Gasteiger partial charge in [-0.15, -0.1) is 0 Å². The zero-order valence-corrected chi connectivity index (χ0v) is 13.1. The van der Waals surface area contributed by atoms with E-state index in [-0.39, 0.29) is 0 Å². The van der Waals surface area contributed by atoms with Gasteiger partial charge in [0, 0.05) is 11.8 Å². The second kappa shape index (κ2) is 11.7. The average Bonchev–Trinajstić information content (AvgIpc) is 2.39. The molecule has 18 heavy (non-hydrogen) atoms. The second-order valence-corrected chi connectivity index (χ2v) is 5.63. The lowest BCUT2D eigenvalue weighted by atomic mass is 9.82. The van der Waals surface area contributed by atoms with Gasteiger partial charge in [-0.05, 0) is 25.7 Å². The molecule has 1 atom stereocenters. The van der Waals surface area contributed by atoms with E-state index in [1.54, 1.807) is 0 Å². The highest BCUT2D eigenvalue weighted by Crippen LogP contribution is 2.25. The SMILES string of the molecule is CCCCC(CC)C(=O)C(CCCC)CCCC.